The molecule has 2 bridgehead atoms. The van der Waals surface area contributed by atoms with Crippen molar-refractivity contribution in [2.75, 3.05) is 0 Å². The predicted octanol–water partition coefficient (Wildman–Crippen LogP) is 3.59. The van der Waals surface area contributed by atoms with Gasteiger partial charge in [0.25, 0.3) is 0 Å². The van der Waals surface area contributed by atoms with E-state index in [1.54, 1.807) is 0 Å². The molecule has 0 amide bonds. The first kappa shape index (κ1) is 19.1. The van der Waals surface area contributed by atoms with Gasteiger partial charge in [-0.25, -0.2) is 0 Å². The summed E-state index contributed by atoms with van der Waals surface area (Å²) in [6, 6.07) is 0. The number of ether oxygens (including phenoxy) is 3. The van der Waals surface area contributed by atoms with Crippen LogP contribution in [0.2, 0.25) is 0 Å². The largest absolute Gasteiger partial charge is 0.462 e. The molecule has 2 aliphatic carbocycles. The number of esters is 1. The van der Waals surface area contributed by atoms with E-state index in [0.717, 1.165) is 19.3 Å². The van der Waals surface area contributed by atoms with Gasteiger partial charge in [0.05, 0.1) is 23.4 Å². The molecule has 0 radical (unpaired) electrons. The van der Waals surface area contributed by atoms with Crippen LogP contribution in [0.5, 0.6) is 0 Å². The topological polar surface area (TPSA) is 68.4 Å². The van der Waals surface area contributed by atoms with Crippen LogP contribution in [0.4, 0.5) is 0 Å². The molecule has 0 spiro atoms. The van der Waals surface area contributed by atoms with Gasteiger partial charge in [-0.05, 0) is 50.0 Å². The Morgan fingerprint density at radius 3 is 2.48 bits per heavy atom. The molecule has 4 aliphatic rings. The predicted molar refractivity (Wildman–Crippen MR) is 100 cm³/mol. The summed E-state index contributed by atoms with van der Waals surface area (Å²) in [5.74, 6) is -0.226. The van der Waals surface area contributed by atoms with Crippen molar-refractivity contribution in [1.82, 2.24) is 0 Å². The molecule has 0 aromatic carbocycles. The number of rotatable bonds is 1. The van der Waals surface area contributed by atoms with Crippen LogP contribution >= 0.6 is 0 Å². The van der Waals surface area contributed by atoms with E-state index in [4.69, 9.17) is 14.2 Å². The lowest BCUT2D eigenvalue weighted by molar-refractivity contribution is -0.155. The van der Waals surface area contributed by atoms with Crippen LogP contribution in [-0.2, 0) is 23.8 Å². The van der Waals surface area contributed by atoms with Crippen LogP contribution < -0.4 is 0 Å². The van der Waals surface area contributed by atoms with E-state index in [9.17, 15) is 9.59 Å². The second kappa shape index (κ2) is 5.90. The molecule has 27 heavy (non-hydrogen) atoms. The van der Waals surface area contributed by atoms with E-state index in [1.807, 2.05) is 0 Å². The van der Waals surface area contributed by atoms with Gasteiger partial charge < -0.3 is 14.2 Å². The minimum atomic E-state index is -0.391. The molecule has 7 atom stereocenters. The first-order valence-electron chi connectivity index (χ1n) is 10.2. The van der Waals surface area contributed by atoms with Crippen molar-refractivity contribution in [1.29, 1.82) is 0 Å². The van der Waals surface area contributed by atoms with Crippen molar-refractivity contribution >= 4 is 11.8 Å². The lowest BCUT2D eigenvalue weighted by Gasteiger charge is -2.48. The summed E-state index contributed by atoms with van der Waals surface area (Å²) in [5, 5.41) is 0. The molecular weight excluding hydrogens is 344 g/mol. The molecule has 150 valence electrons. The Hall–Kier alpha value is -1.20. The van der Waals surface area contributed by atoms with Crippen molar-refractivity contribution in [3.8, 4) is 0 Å². The summed E-state index contributed by atoms with van der Waals surface area (Å²) in [6.45, 7) is 14.2. The Bertz CT molecular complexity index is 697. The monoisotopic (exact) mass is 376 g/mol. The average molecular weight is 376 g/mol. The van der Waals surface area contributed by atoms with Crippen LogP contribution in [0.1, 0.15) is 66.7 Å². The van der Waals surface area contributed by atoms with E-state index in [0.29, 0.717) is 18.4 Å². The minimum Gasteiger partial charge on any atom is -0.462 e. The number of fused-ring (bicyclic) bond motifs is 4. The fraction of sp³-hybridized carbons (Fsp3) is 0.818. The highest BCUT2D eigenvalue weighted by molar-refractivity contribution is 5.96. The van der Waals surface area contributed by atoms with Gasteiger partial charge >= 0.3 is 5.97 Å². The average Bonchev–Trinajstić information content (AvgIpc) is 3.38. The zero-order valence-corrected chi connectivity index (χ0v) is 17.2. The summed E-state index contributed by atoms with van der Waals surface area (Å²) in [6.07, 6.45) is 3.85. The standard InChI is InChI=1S/C22H32O5/c1-12-15(24)9-14-10-18-21(5,27-18)8-7-17-22(6,26-17)11-16(25-13(2)23)19(12)20(14,3)4/h14,16-19H,1,7-11H2,2-6H3/t14-,16+,17-,18-,19+,21-,22-/m0/s1. The van der Waals surface area contributed by atoms with Crippen LogP contribution in [0.15, 0.2) is 12.2 Å². The Labute approximate surface area is 161 Å². The zero-order valence-electron chi connectivity index (χ0n) is 17.2. The highest BCUT2D eigenvalue weighted by atomic mass is 16.6. The van der Waals surface area contributed by atoms with Gasteiger partial charge in [-0.3, -0.25) is 9.59 Å². The Kier molecular flexibility index (Phi) is 4.18. The van der Waals surface area contributed by atoms with Crippen LogP contribution in [0.25, 0.3) is 0 Å². The van der Waals surface area contributed by atoms with Crippen LogP contribution in [-0.4, -0.2) is 41.3 Å². The fourth-order valence-electron chi connectivity index (χ4n) is 5.74. The number of carbonyl (C=O) groups is 2. The van der Waals surface area contributed by atoms with Gasteiger partial charge in [0.2, 0.25) is 0 Å². The summed E-state index contributed by atoms with van der Waals surface area (Å²) in [4.78, 5) is 24.7. The summed E-state index contributed by atoms with van der Waals surface area (Å²) >= 11 is 0. The van der Waals surface area contributed by atoms with Crippen molar-refractivity contribution < 1.29 is 23.8 Å². The Balaban J connectivity index is 1.72. The second-order valence-corrected chi connectivity index (χ2v) is 10.1. The van der Waals surface area contributed by atoms with Crippen LogP contribution in [0, 0.1) is 17.3 Å². The second-order valence-electron chi connectivity index (χ2n) is 10.1. The SMILES string of the molecule is C=C1C(=O)C[C@H]2C[C@@H]3O[C@@]3(C)CC[C@@H]3O[C@@]3(C)C[C@@H](OC(C)=O)[C@@H]1C2(C)C. The molecular formula is C22H32O5. The third kappa shape index (κ3) is 3.17. The molecule has 4 fully saturated rings. The smallest absolute Gasteiger partial charge is 0.302 e. The van der Waals surface area contributed by atoms with Gasteiger partial charge in [-0.2, -0.15) is 0 Å². The van der Waals surface area contributed by atoms with Crippen molar-refractivity contribution in [3.63, 3.8) is 0 Å². The first-order chi connectivity index (χ1) is 12.5. The molecule has 2 saturated heterocycles. The molecule has 5 heteroatoms. The van der Waals surface area contributed by atoms with E-state index >= 15 is 0 Å². The molecule has 0 aromatic rings. The van der Waals surface area contributed by atoms with E-state index in [1.165, 1.54) is 6.92 Å². The minimum absolute atomic E-state index is 0.0928. The highest BCUT2D eigenvalue weighted by Crippen LogP contribution is 2.57. The maximum Gasteiger partial charge on any atom is 0.302 e. The molecule has 2 saturated carbocycles. The lowest BCUT2D eigenvalue weighted by atomic mass is 9.56. The number of carbonyl (C=O) groups excluding carboxylic acids is 2. The van der Waals surface area contributed by atoms with Crippen molar-refractivity contribution in [2.45, 2.75) is 96.2 Å². The number of Topliss-reactive ketones (excluding diaryl/α,β-unsaturated/α-hetero) is 1. The molecule has 0 N–H and O–H groups in total. The lowest BCUT2D eigenvalue weighted by Crippen LogP contribution is -2.49. The summed E-state index contributed by atoms with van der Waals surface area (Å²) in [7, 11) is 0. The molecule has 4 rings (SSSR count). The highest BCUT2D eigenvalue weighted by Gasteiger charge is 2.62. The van der Waals surface area contributed by atoms with E-state index in [-0.39, 0.29) is 52.4 Å². The zero-order chi connectivity index (χ0) is 19.8. The summed E-state index contributed by atoms with van der Waals surface area (Å²) < 4.78 is 17.9. The van der Waals surface area contributed by atoms with Gasteiger partial charge in [0.15, 0.2) is 5.78 Å². The molecule has 0 aromatic heterocycles. The number of epoxide rings is 2. The van der Waals surface area contributed by atoms with Gasteiger partial charge in [0, 0.05) is 25.7 Å². The molecule has 5 nitrogen and oxygen atoms in total. The molecule has 0 unspecified atom stereocenters. The summed E-state index contributed by atoms with van der Waals surface area (Å²) in [5.41, 5.74) is -0.0192. The fourth-order valence-corrected chi connectivity index (χ4v) is 5.74. The van der Waals surface area contributed by atoms with Crippen molar-refractivity contribution in [2.24, 2.45) is 17.3 Å². The quantitative estimate of drug-likeness (QED) is 0.397. The maximum absolute atomic E-state index is 12.8. The molecule has 2 aliphatic heterocycles. The van der Waals surface area contributed by atoms with Crippen LogP contribution in [0.3, 0.4) is 0 Å². The third-order valence-corrected chi connectivity index (χ3v) is 7.79. The maximum atomic E-state index is 12.8. The Morgan fingerprint density at radius 2 is 1.81 bits per heavy atom. The molecule has 2 heterocycles. The first-order valence-corrected chi connectivity index (χ1v) is 10.2. The number of hydrogen-bond donors (Lipinski definition) is 0. The normalized spacial score (nSPS) is 48.4. The number of hydrogen-bond acceptors (Lipinski definition) is 5. The van der Waals surface area contributed by atoms with Gasteiger partial charge in [-0.15, -0.1) is 0 Å². The third-order valence-electron chi connectivity index (χ3n) is 7.79. The Morgan fingerprint density at radius 1 is 1.15 bits per heavy atom. The van der Waals surface area contributed by atoms with Crippen molar-refractivity contribution in [3.05, 3.63) is 12.2 Å². The number of ketones is 1. The van der Waals surface area contributed by atoms with Gasteiger partial charge in [0.1, 0.15) is 6.10 Å². The van der Waals surface area contributed by atoms with Gasteiger partial charge in [-0.1, -0.05) is 20.4 Å². The van der Waals surface area contributed by atoms with E-state index in [2.05, 4.69) is 34.3 Å². The van der Waals surface area contributed by atoms with E-state index < -0.39 is 6.10 Å².